The summed E-state index contributed by atoms with van der Waals surface area (Å²) in [6.45, 7) is 3.20. The Morgan fingerprint density at radius 3 is 2.41 bits per heavy atom. The van der Waals surface area contributed by atoms with Gasteiger partial charge in [0, 0.05) is 12.6 Å². The monoisotopic (exact) mass is 289 g/mol. The van der Waals surface area contributed by atoms with Crippen molar-refractivity contribution in [2.45, 2.75) is 32.4 Å². The van der Waals surface area contributed by atoms with Crippen LogP contribution in [0.15, 0.2) is 72.8 Å². The van der Waals surface area contributed by atoms with Crippen LogP contribution in [0.25, 0.3) is 10.8 Å². The molecule has 0 bridgehead atoms. The van der Waals surface area contributed by atoms with E-state index in [9.17, 15) is 0 Å². The van der Waals surface area contributed by atoms with Crippen molar-refractivity contribution in [3.05, 3.63) is 83.9 Å². The van der Waals surface area contributed by atoms with Crippen LogP contribution in [0.4, 0.5) is 0 Å². The topological polar surface area (TPSA) is 12.0 Å². The third-order valence-corrected chi connectivity index (χ3v) is 4.23. The maximum Gasteiger partial charge on any atom is 0.0214 e. The molecule has 3 rings (SSSR count). The zero-order chi connectivity index (χ0) is 15.2. The van der Waals surface area contributed by atoms with Crippen molar-refractivity contribution in [2.75, 3.05) is 0 Å². The van der Waals surface area contributed by atoms with Crippen molar-refractivity contribution >= 4 is 10.8 Å². The Morgan fingerprint density at radius 1 is 0.818 bits per heavy atom. The smallest absolute Gasteiger partial charge is 0.0214 e. The first kappa shape index (κ1) is 14.8. The van der Waals surface area contributed by atoms with Gasteiger partial charge in [-0.25, -0.2) is 0 Å². The minimum absolute atomic E-state index is 0.513. The molecule has 112 valence electrons. The fraction of sp³-hybridized carbons (Fsp3) is 0.238. The van der Waals surface area contributed by atoms with Crippen molar-refractivity contribution in [1.82, 2.24) is 5.32 Å². The van der Waals surface area contributed by atoms with E-state index in [2.05, 4.69) is 85.0 Å². The van der Waals surface area contributed by atoms with Gasteiger partial charge in [0.2, 0.25) is 0 Å². The summed E-state index contributed by atoms with van der Waals surface area (Å²) < 4.78 is 0. The van der Waals surface area contributed by atoms with E-state index >= 15 is 0 Å². The van der Waals surface area contributed by atoms with E-state index in [4.69, 9.17) is 0 Å². The minimum Gasteiger partial charge on any atom is -0.310 e. The molecule has 0 fully saturated rings. The molecule has 0 amide bonds. The minimum atomic E-state index is 0.513. The van der Waals surface area contributed by atoms with Gasteiger partial charge in [-0.3, -0.25) is 0 Å². The second-order valence-corrected chi connectivity index (χ2v) is 5.94. The Bertz CT molecular complexity index is 713. The molecule has 0 spiro atoms. The van der Waals surface area contributed by atoms with Crippen LogP contribution in [0.1, 0.15) is 24.5 Å². The first-order chi connectivity index (χ1) is 10.8. The van der Waals surface area contributed by atoms with Gasteiger partial charge in [-0.15, -0.1) is 0 Å². The first-order valence-corrected chi connectivity index (χ1v) is 8.07. The molecule has 1 N–H and O–H groups in total. The first-order valence-electron chi connectivity index (χ1n) is 8.07. The molecular weight excluding hydrogens is 266 g/mol. The second kappa shape index (κ2) is 7.24. The fourth-order valence-corrected chi connectivity index (χ4v) is 2.86. The lowest BCUT2D eigenvalue weighted by molar-refractivity contribution is 0.515. The molecule has 3 aromatic rings. The molecule has 0 saturated carbocycles. The average molecular weight is 289 g/mol. The van der Waals surface area contributed by atoms with Gasteiger partial charge in [-0.2, -0.15) is 0 Å². The van der Waals surface area contributed by atoms with Crippen molar-refractivity contribution in [1.29, 1.82) is 0 Å². The Hall–Kier alpha value is -2.12. The highest BCUT2D eigenvalue weighted by Crippen LogP contribution is 2.18. The van der Waals surface area contributed by atoms with Gasteiger partial charge in [0.15, 0.2) is 0 Å². The van der Waals surface area contributed by atoms with Gasteiger partial charge in [0.1, 0.15) is 0 Å². The van der Waals surface area contributed by atoms with Crippen LogP contribution >= 0.6 is 0 Å². The standard InChI is InChI=1S/C21H23N/c1-17(14-15-18-8-3-2-4-9-18)22-16-20-12-7-11-19-10-5-6-13-21(19)20/h2-13,17,22H,14-16H2,1H3/t17-/m0/s1. The Kier molecular flexibility index (Phi) is 4.87. The number of hydrogen-bond donors (Lipinski definition) is 1. The molecule has 22 heavy (non-hydrogen) atoms. The van der Waals surface area contributed by atoms with Crippen LogP contribution in [0.2, 0.25) is 0 Å². The SMILES string of the molecule is C[C@@H](CCc1ccccc1)NCc1cccc2ccccc12. The normalized spacial score (nSPS) is 12.4. The van der Waals surface area contributed by atoms with Crippen LogP contribution in [0.5, 0.6) is 0 Å². The van der Waals surface area contributed by atoms with Crippen molar-refractivity contribution in [3.8, 4) is 0 Å². The molecule has 1 nitrogen and oxygen atoms in total. The van der Waals surface area contributed by atoms with Crippen LogP contribution in [-0.2, 0) is 13.0 Å². The average Bonchev–Trinajstić information content (AvgIpc) is 2.59. The summed E-state index contributed by atoms with van der Waals surface area (Å²) in [5.41, 5.74) is 2.80. The maximum atomic E-state index is 3.66. The molecule has 0 aliphatic heterocycles. The van der Waals surface area contributed by atoms with Crippen LogP contribution in [0, 0.1) is 0 Å². The molecule has 0 aliphatic carbocycles. The van der Waals surface area contributed by atoms with E-state index in [1.165, 1.54) is 21.9 Å². The number of hydrogen-bond acceptors (Lipinski definition) is 1. The fourth-order valence-electron chi connectivity index (χ4n) is 2.86. The summed E-state index contributed by atoms with van der Waals surface area (Å²) in [4.78, 5) is 0. The number of aryl methyl sites for hydroxylation is 1. The maximum absolute atomic E-state index is 3.66. The van der Waals surface area contributed by atoms with E-state index in [1.807, 2.05) is 0 Å². The summed E-state index contributed by atoms with van der Waals surface area (Å²) in [5.74, 6) is 0. The molecular formula is C21H23N. The van der Waals surface area contributed by atoms with Crippen LogP contribution in [0.3, 0.4) is 0 Å². The van der Waals surface area contributed by atoms with Gasteiger partial charge in [-0.1, -0.05) is 72.8 Å². The van der Waals surface area contributed by atoms with Crippen LogP contribution in [-0.4, -0.2) is 6.04 Å². The van der Waals surface area contributed by atoms with E-state index < -0.39 is 0 Å². The zero-order valence-corrected chi connectivity index (χ0v) is 13.1. The molecule has 0 unspecified atom stereocenters. The zero-order valence-electron chi connectivity index (χ0n) is 13.1. The van der Waals surface area contributed by atoms with Crippen LogP contribution < -0.4 is 5.32 Å². The predicted octanol–water partition coefficient (Wildman–Crippen LogP) is 4.95. The predicted molar refractivity (Wildman–Crippen MR) is 95.0 cm³/mol. The molecule has 0 heterocycles. The molecule has 0 aliphatic rings. The Labute approximate surface area is 133 Å². The quantitative estimate of drug-likeness (QED) is 0.677. The van der Waals surface area contributed by atoms with E-state index in [0.717, 1.165) is 19.4 Å². The lowest BCUT2D eigenvalue weighted by Crippen LogP contribution is -2.26. The van der Waals surface area contributed by atoms with Gasteiger partial charge in [-0.05, 0) is 41.7 Å². The van der Waals surface area contributed by atoms with Crippen molar-refractivity contribution < 1.29 is 0 Å². The van der Waals surface area contributed by atoms with E-state index in [1.54, 1.807) is 0 Å². The molecule has 3 aromatic carbocycles. The second-order valence-electron chi connectivity index (χ2n) is 5.94. The number of rotatable bonds is 6. The van der Waals surface area contributed by atoms with E-state index in [0.29, 0.717) is 6.04 Å². The third kappa shape index (κ3) is 3.75. The largest absolute Gasteiger partial charge is 0.310 e. The number of fused-ring (bicyclic) bond motifs is 1. The summed E-state index contributed by atoms with van der Waals surface area (Å²) in [7, 11) is 0. The Balaban J connectivity index is 1.57. The highest BCUT2D eigenvalue weighted by molar-refractivity contribution is 5.85. The van der Waals surface area contributed by atoms with Gasteiger partial charge in [0.05, 0.1) is 0 Å². The van der Waals surface area contributed by atoms with Gasteiger partial charge in [0.25, 0.3) is 0 Å². The van der Waals surface area contributed by atoms with Gasteiger partial charge < -0.3 is 5.32 Å². The number of nitrogens with one attached hydrogen (secondary N) is 1. The number of benzene rings is 3. The summed E-state index contributed by atoms with van der Waals surface area (Å²) in [6, 6.07) is 26.4. The van der Waals surface area contributed by atoms with Crippen molar-refractivity contribution in [2.24, 2.45) is 0 Å². The summed E-state index contributed by atoms with van der Waals surface area (Å²) >= 11 is 0. The molecule has 0 radical (unpaired) electrons. The molecule has 0 saturated heterocycles. The van der Waals surface area contributed by atoms with E-state index in [-0.39, 0.29) is 0 Å². The third-order valence-electron chi connectivity index (χ3n) is 4.23. The highest BCUT2D eigenvalue weighted by atomic mass is 14.9. The summed E-state index contributed by atoms with van der Waals surface area (Å²) in [5, 5.41) is 6.33. The lowest BCUT2D eigenvalue weighted by atomic mass is 10.0. The molecule has 1 atom stereocenters. The van der Waals surface area contributed by atoms with Crippen molar-refractivity contribution in [3.63, 3.8) is 0 Å². The lowest BCUT2D eigenvalue weighted by Gasteiger charge is -2.15. The molecule has 0 aromatic heterocycles. The summed E-state index contributed by atoms with van der Waals surface area (Å²) in [6.07, 6.45) is 2.29. The molecule has 1 heteroatoms. The van der Waals surface area contributed by atoms with Gasteiger partial charge >= 0.3 is 0 Å². The Morgan fingerprint density at radius 2 is 1.55 bits per heavy atom. The highest BCUT2D eigenvalue weighted by Gasteiger charge is 2.04.